The Labute approximate surface area is 244 Å². The van der Waals surface area contributed by atoms with Gasteiger partial charge in [-0.3, -0.25) is 19.9 Å². The Hall–Kier alpha value is -4.15. The third kappa shape index (κ3) is 5.64. The van der Waals surface area contributed by atoms with E-state index in [1.54, 1.807) is 32.9 Å². The van der Waals surface area contributed by atoms with E-state index in [4.69, 9.17) is 19.6 Å². The summed E-state index contributed by atoms with van der Waals surface area (Å²) < 4.78 is 31.7. The number of phenols is 1. The maximum atomic E-state index is 15.5. The number of rotatable bonds is 10. The van der Waals surface area contributed by atoms with E-state index < -0.39 is 29.0 Å². The highest BCUT2D eigenvalue weighted by molar-refractivity contribution is 6.08. The number of ether oxygens (including phenoxy) is 3. The number of esters is 1. The summed E-state index contributed by atoms with van der Waals surface area (Å²) in [7, 11) is 0. The van der Waals surface area contributed by atoms with Crippen LogP contribution in [0.2, 0.25) is 0 Å². The zero-order valence-electron chi connectivity index (χ0n) is 24.9. The van der Waals surface area contributed by atoms with Gasteiger partial charge in [0.05, 0.1) is 37.6 Å². The Morgan fingerprint density at radius 3 is 2.40 bits per heavy atom. The number of phenolic OH excluding ortho intramolecular Hbond substituents is 1. The maximum absolute atomic E-state index is 15.5. The van der Waals surface area contributed by atoms with Crippen LogP contribution in [0.3, 0.4) is 0 Å². The molecule has 0 radical (unpaired) electrons. The van der Waals surface area contributed by atoms with E-state index in [9.17, 15) is 19.5 Å². The van der Waals surface area contributed by atoms with Gasteiger partial charge in [0.2, 0.25) is 5.91 Å². The number of amides is 1. The van der Waals surface area contributed by atoms with Crippen molar-refractivity contribution in [3.8, 4) is 17.2 Å². The molecule has 2 N–H and O–H groups in total. The average Bonchev–Trinajstić information content (AvgIpc) is 3.45. The van der Waals surface area contributed by atoms with Crippen molar-refractivity contribution in [1.29, 1.82) is 5.41 Å². The Kier molecular flexibility index (Phi) is 8.79. The summed E-state index contributed by atoms with van der Waals surface area (Å²) in [4.78, 5) is 42.0. The fourth-order valence-electron chi connectivity index (χ4n) is 5.41. The fraction of sp³-hybridized carbons (Fsp3) is 0.484. The molecule has 0 spiro atoms. The molecule has 1 amide bonds. The van der Waals surface area contributed by atoms with E-state index in [0.717, 1.165) is 0 Å². The van der Waals surface area contributed by atoms with Crippen molar-refractivity contribution in [3.05, 3.63) is 46.3 Å². The zero-order chi connectivity index (χ0) is 30.9. The lowest BCUT2D eigenvalue weighted by Gasteiger charge is -2.29. The first-order valence-corrected chi connectivity index (χ1v) is 14.2. The highest BCUT2D eigenvalue weighted by Crippen LogP contribution is 2.43. The van der Waals surface area contributed by atoms with Crippen LogP contribution in [0.25, 0.3) is 0 Å². The van der Waals surface area contributed by atoms with Crippen LogP contribution in [0, 0.1) is 11.2 Å². The number of hydrogen-bond donors (Lipinski definition) is 2. The predicted octanol–water partition coefficient (Wildman–Crippen LogP) is 4.71. The number of hydrogen-bond acceptors (Lipinski definition) is 8. The Morgan fingerprint density at radius 2 is 1.79 bits per heavy atom. The lowest BCUT2D eigenvalue weighted by molar-refractivity contribution is -0.144. The fourth-order valence-corrected chi connectivity index (χ4v) is 5.41. The van der Waals surface area contributed by atoms with E-state index in [1.807, 2.05) is 20.8 Å². The van der Waals surface area contributed by atoms with Gasteiger partial charge in [0, 0.05) is 24.1 Å². The minimum atomic E-state index is -0.926. The van der Waals surface area contributed by atoms with Crippen LogP contribution < -0.4 is 14.4 Å². The smallest absolute Gasteiger partial charge is 0.329 e. The predicted molar refractivity (Wildman–Crippen MR) is 154 cm³/mol. The van der Waals surface area contributed by atoms with Gasteiger partial charge in [0.15, 0.2) is 23.1 Å². The van der Waals surface area contributed by atoms with Crippen molar-refractivity contribution in [3.63, 3.8) is 0 Å². The largest absolute Gasteiger partial charge is 0.505 e. The van der Waals surface area contributed by atoms with Crippen molar-refractivity contribution in [2.45, 2.75) is 72.4 Å². The molecule has 1 atom stereocenters. The van der Waals surface area contributed by atoms with Crippen LogP contribution in [-0.4, -0.2) is 65.9 Å². The van der Waals surface area contributed by atoms with Gasteiger partial charge in [-0.15, -0.1) is 0 Å². The molecule has 2 aromatic carbocycles. The third-order valence-electron chi connectivity index (χ3n) is 7.36. The summed E-state index contributed by atoms with van der Waals surface area (Å²) in [6.45, 7) is 11.2. The molecule has 1 unspecified atom stereocenters. The molecule has 0 bridgehead atoms. The number of carbonyl (C=O) groups excluding carboxylic acids is 3. The molecule has 10 nitrogen and oxygen atoms in total. The minimum Gasteiger partial charge on any atom is -0.505 e. The number of carbonyl (C=O) groups is 3. The number of halogens is 1. The molecule has 2 aromatic rings. The first-order valence-electron chi connectivity index (χ1n) is 14.2. The Morgan fingerprint density at radius 1 is 1.10 bits per heavy atom. The van der Waals surface area contributed by atoms with E-state index in [-0.39, 0.29) is 85.0 Å². The number of amidine groups is 1. The molecule has 11 heteroatoms. The first kappa shape index (κ1) is 30.8. The molecule has 226 valence electrons. The number of benzene rings is 2. The summed E-state index contributed by atoms with van der Waals surface area (Å²) in [6.07, 6.45) is 0.316. The Bertz CT molecular complexity index is 1430. The number of Topliss-reactive ketones (excluding diaryl/α,β-unsaturated/α-hetero) is 1. The molecule has 0 saturated carbocycles. The van der Waals surface area contributed by atoms with Crippen molar-refractivity contribution in [2.75, 3.05) is 31.3 Å². The number of fused-ring (bicyclic) bond motifs is 1. The van der Waals surface area contributed by atoms with Gasteiger partial charge < -0.3 is 24.2 Å². The topological polar surface area (TPSA) is 129 Å². The molecule has 2 aliphatic rings. The number of nitrogens with zero attached hydrogens (tertiary/aromatic N) is 2. The first-order chi connectivity index (χ1) is 19.8. The number of nitrogens with one attached hydrogen (secondary N) is 1. The average molecular weight is 584 g/mol. The summed E-state index contributed by atoms with van der Waals surface area (Å²) in [5.74, 6) is -2.26. The van der Waals surface area contributed by atoms with E-state index in [2.05, 4.69) is 0 Å². The minimum absolute atomic E-state index is 0.0522. The van der Waals surface area contributed by atoms with Gasteiger partial charge in [-0.05, 0) is 56.4 Å². The summed E-state index contributed by atoms with van der Waals surface area (Å²) in [5.41, 5.74) is 0.584. The van der Waals surface area contributed by atoms with Gasteiger partial charge in [-0.1, -0.05) is 20.8 Å². The van der Waals surface area contributed by atoms with Crippen molar-refractivity contribution >= 4 is 29.2 Å². The van der Waals surface area contributed by atoms with E-state index >= 15 is 4.39 Å². The molecule has 0 aromatic heterocycles. The van der Waals surface area contributed by atoms with Crippen LogP contribution in [0.5, 0.6) is 17.2 Å². The van der Waals surface area contributed by atoms with Crippen LogP contribution >= 0.6 is 0 Å². The maximum Gasteiger partial charge on any atom is 0.329 e. The molecule has 1 fully saturated rings. The second kappa shape index (κ2) is 12.0. The van der Waals surface area contributed by atoms with Gasteiger partial charge in [-0.2, -0.15) is 0 Å². The van der Waals surface area contributed by atoms with Crippen LogP contribution in [0.15, 0.2) is 18.2 Å². The molecule has 0 aliphatic carbocycles. The van der Waals surface area contributed by atoms with Crippen molar-refractivity contribution < 1.29 is 38.1 Å². The molecular weight excluding hydrogens is 545 g/mol. The van der Waals surface area contributed by atoms with E-state index in [0.29, 0.717) is 17.7 Å². The SMILES string of the molecule is CCOC(=O)C1CCC(=O)N1c1cc(C(=O)CN2Cc3cc(OCC)c(OCC)c(F)c3C2=N)cc(C(C)(C)C)c1O. The van der Waals surface area contributed by atoms with Gasteiger partial charge in [0.25, 0.3) is 0 Å². The van der Waals surface area contributed by atoms with Crippen LogP contribution in [-0.2, 0) is 26.3 Å². The van der Waals surface area contributed by atoms with Crippen molar-refractivity contribution in [1.82, 2.24) is 4.90 Å². The van der Waals surface area contributed by atoms with Gasteiger partial charge >= 0.3 is 5.97 Å². The highest BCUT2D eigenvalue weighted by atomic mass is 19.1. The lowest BCUT2D eigenvalue weighted by atomic mass is 9.84. The molecule has 42 heavy (non-hydrogen) atoms. The second-order valence-electron chi connectivity index (χ2n) is 11.3. The quantitative estimate of drug-likeness (QED) is 0.304. The van der Waals surface area contributed by atoms with Gasteiger partial charge in [-0.25, -0.2) is 9.18 Å². The standard InChI is InChI=1S/C31H38FN3O7/c1-7-40-23-14-18-15-34(29(33)25(18)26(32)28(23)41-8-2)16-22(36)17-12-19(31(4,5)6)27(38)21(13-17)35-20(10-11-24(35)37)30(39)42-9-3/h12-14,20,33,38H,7-11,15-16H2,1-6H3. The lowest BCUT2D eigenvalue weighted by Crippen LogP contribution is -2.40. The second-order valence-corrected chi connectivity index (χ2v) is 11.3. The molecular formula is C31H38FN3O7. The zero-order valence-corrected chi connectivity index (χ0v) is 24.9. The Balaban J connectivity index is 1.70. The normalized spacial score (nSPS) is 16.6. The summed E-state index contributed by atoms with van der Waals surface area (Å²) in [6, 6.07) is 3.67. The summed E-state index contributed by atoms with van der Waals surface area (Å²) in [5, 5.41) is 20.0. The number of ketones is 1. The van der Waals surface area contributed by atoms with E-state index in [1.165, 1.54) is 15.9 Å². The van der Waals surface area contributed by atoms with Crippen molar-refractivity contribution in [2.24, 2.45) is 0 Å². The van der Waals surface area contributed by atoms with Crippen LogP contribution in [0.1, 0.15) is 81.4 Å². The summed E-state index contributed by atoms with van der Waals surface area (Å²) >= 11 is 0. The third-order valence-corrected chi connectivity index (χ3v) is 7.36. The molecule has 4 rings (SSSR count). The molecule has 2 heterocycles. The van der Waals surface area contributed by atoms with Crippen LogP contribution in [0.4, 0.5) is 10.1 Å². The molecule has 2 aliphatic heterocycles. The number of aromatic hydroxyl groups is 1. The molecule has 1 saturated heterocycles. The highest BCUT2D eigenvalue weighted by Gasteiger charge is 2.41. The monoisotopic (exact) mass is 583 g/mol. The van der Waals surface area contributed by atoms with Gasteiger partial charge in [0.1, 0.15) is 17.6 Å². The number of anilines is 1.